The van der Waals surface area contributed by atoms with E-state index in [0.717, 1.165) is 12.0 Å². The number of benzene rings is 2. The molecule has 2 bridgehead atoms. The van der Waals surface area contributed by atoms with E-state index < -0.39 is 137 Å². The van der Waals surface area contributed by atoms with Gasteiger partial charge in [-0.05, 0) is 49.7 Å². The first-order valence-electron chi connectivity index (χ1n) is 23.4. The van der Waals surface area contributed by atoms with Crippen LogP contribution in [0.5, 0.6) is 0 Å². The van der Waals surface area contributed by atoms with E-state index >= 15 is 4.79 Å². The first kappa shape index (κ1) is 61.0. The zero-order chi connectivity index (χ0) is 52.7. The van der Waals surface area contributed by atoms with E-state index in [4.69, 9.17) is 9.47 Å². The Kier molecular flexibility index (Phi) is 23.9. The third-order valence-electron chi connectivity index (χ3n) is 12.8. The van der Waals surface area contributed by atoms with Gasteiger partial charge in [-0.3, -0.25) is 37.7 Å². The maximum absolute atomic E-state index is 15.0. The van der Waals surface area contributed by atoms with Crippen molar-refractivity contribution in [2.45, 2.75) is 135 Å². The zero-order valence-corrected chi connectivity index (χ0v) is 44.9. The summed E-state index contributed by atoms with van der Waals surface area (Å²) in [7, 11) is -2.82. The Labute approximate surface area is 442 Å². The van der Waals surface area contributed by atoms with Gasteiger partial charge in [0.1, 0.15) is 60.9 Å². The van der Waals surface area contributed by atoms with Crippen molar-refractivity contribution in [2.75, 3.05) is 20.8 Å². The number of aliphatic hydroxyl groups excluding tert-OH is 1. The molecule has 0 saturated carbocycles. The average Bonchev–Trinajstić information content (AvgIpc) is 3.34. The molecule has 22 nitrogen and oxygen atoms in total. The van der Waals surface area contributed by atoms with Crippen molar-refractivity contribution in [3.05, 3.63) is 83.6 Å². The normalized spacial score (nSPS) is 25.1. The molecule has 11 atom stereocenters. The Morgan fingerprint density at radius 3 is 2.00 bits per heavy atom. The van der Waals surface area contributed by atoms with Gasteiger partial charge < -0.3 is 55.5 Å². The van der Waals surface area contributed by atoms with Gasteiger partial charge >= 0.3 is 35.5 Å². The summed E-state index contributed by atoms with van der Waals surface area (Å²) in [6.45, 7) is 8.33. The van der Waals surface area contributed by atoms with Gasteiger partial charge in [-0.1, -0.05) is 107 Å². The first-order valence-corrected chi connectivity index (χ1v) is 24.8. The molecule has 2 saturated heterocycles. The molecule has 2 aromatic carbocycles. The third-order valence-corrected chi connectivity index (χ3v) is 13.2. The summed E-state index contributed by atoms with van der Waals surface area (Å²) in [5.41, 5.74) is 0.836. The van der Waals surface area contributed by atoms with Gasteiger partial charge in [0, 0.05) is 27.0 Å². The molecule has 6 N–H and O–H groups in total. The molecule has 2 fully saturated rings. The van der Waals surface area contributed by atoms with Gasteiger partial charge in [-0.25, -0.2) is 13.2 Å². The maximum atomic E-state index is 15.0. The molecule has 0 aliphatic carbocycles. The van der Waals surface area contributed by atoms with Gasteiger partial charge in [-0.2, -0.15) is 0 Å². The van der Waals surface area contributed by atoms with Gasteiger partial charge in [0.25, 0.3) is 17.7 Å². The molecule has 2 aliphatic rings. The topological polar surface area (TPSA) is 308 Å². The fraction of sp³-hybridized carbons (Fsp3) is 0.542. The number of hydrogen-bond acceptors (Lipinski definition) is 15. The van der Waals surface area contributed by atoms with E-state index in [1.807, 2.05) is 0 Å². The van der Waals surface area contributed by atoms with Gasteiger partial charge in [0.2, 0.25) is 34.0 Å². The van der Waals surface area contributed by atoms with Crippen LogP contribution in [0.25, 0.3) is 0 Å². The van der Waals surface area contributed by atoms with Crippen LogP contribution in [-0.2, 0) is 75.3 Å². The van der Waals surface area contributed by atoms with Crippen molar-refractivity contribution < 1.29 is 99.6 Å². The van der Waals surface area contributed by atoms with Crippen LogP contribution in [0.2, 0.25) is 0 Å². The molecule has 0 aromatic heterocycles. The predicted octanol–water partition coefficient (Wildman–Crippen LogP) is -2.90. The van der Waals surface area contributed by atoms with Crippen LogP contribution in [-0.4, -0.2) is 151 Å². The summed E-state index contributed by atoms with van der Waals surface area (Å²) in [4.78, 5) is 117. The number of aliphatic hydroxyl groups is 1. The second-order valence-electron chi connectivity index (χ2n) is 17.7. The zero-order valence-electron chi connectivity index (χ0n) is 42.1. The number of nitrogens with zero attached hydrogens (tertiary/aromatic N) is 2. The van der Waals surface area contributed by atoms with Crippen molar-refractivity contribution in [3.63, 3.8) is 0 Å². The molecule has 4 rings (SSSR count). The standard InChI is InChI=1S/C48H67N7O15S.Na/c1-9-27(4)38(51-43(59)36(68-8)26-69-71(65,66)67)44(60)53-40-29(6)70-48(64)39(28(5)10-2)52-42(58)34(24-30-18-14-12-15-19-30)54(7)47(63)35(25-31-20-16-13-17-21-31)55-37(56)23-22-33(46(55)62)50-41(57)32(11-3)49-45(40)61;/h11-21,27-29,33-40,56H,9-10,22-26H2,1-8H3,(H,49,61)(H,50,57)(H,51,59)(H,52,58)(H,53,60)(H,65,66,67);/q;+1/p-1/b32-11-;/t27-,28-,29+,33-,34-,35-,36+,37+,38-,39-,40-;/m0./s1. The molecule has 0 spiro atoms. The number of allylic oxidation sites excluding steroid dienone is 1. The van der Waals surface area contributed by atoms with Crippen LogP contribution in [0, 0.1) is 11.8 Å². The summed E-state index contributed by atoms with van der Waals surface area (Å²) in [6.07, 6.45) is -3.32. The smallest absolute Gasteiger partial charge is 0.726 e. The first-order chi connectivity index (χ1) is 33.5. The number of carbonyl (C=O) groups excluding carboxylic acids is 8. The third kappa shape index (κ3) is 16.6. The number of cyclic esters (lactones) is 1. The number of hydrogen-bond donors (Lipinski definition) is 6. The quantitative estimate of drug-likeness (QED) is 0.0323. The van der Waals surface area contributed by atoms with Crippen molar-refractivity contribution >= 4 is 57.7 Å². The molecule has 2 aromatic rings. The van der Waals surface area contributed by atoms with Crippen molar-refractivity contribution in [1.29, 1.82) is 0 Å². The van der Waals surface area contributed by atoms with Crippen LogP contribution in [0.3, 0.4) is 0 Å². The molecule has 0 radical (unpaired) electrons. The van der Waals surface area contributed by atoms with Crippen LogP contribution in [0.1, 0.15) is 78.4 Å². The van der Waals surface area contributed by atoms with E-state index in [2.05, 4.69) is 30.8 Å². The Balaban J connectivity index is 0.0000137. The number of carbonyl (C=O) groups is 8. The van der Waals surface area contributed by atoms with Crippen LogP contribution >= 0.6 is 0 Å². The number of methoxy groups -OCH3 is 1. The molecule has 7 amide bonds. The van der Waals surface area contributed by atoms with E-state index in [0.29, 0.717) is 17.5 Å². The molecule has 0 unspecified atom stereocenters. The van der Waals surface area contributed by atoms with Crippen LogP contribution in [0.15, 0.2) is 72.4 Å². The predicted molar refractivity (Wildman–Crippen MR) is 253 cm³/mol. The number of esters is 1. The monoisotopic (exact) mass is 1040 g/mol. The molecule has 72 heavy (non-hydrogen) atoms. The van der Waals surface area contributed by atoms with Gasteiger partial charge in [0.05, 0.1) is 0 Å². The number of fused-ring (bicyclic) bond motifs is 2. The number of amides is 7. The molecule has 2 aliphatic heterocycles. The van der Waals surface area contributed by atoms with Crippen molar-refractivity contribution in [2.24, 2.45) is 11.8 Å². The number of piperidine rings is 1. The number of rotatable bonds is 16. The van der Waals surface area contributed by atoms with Crippen molar-refractivity contribution in [3.8, 4) is 0 Å². The molecule has 24 heteroatoms. The van der Waals surface area contributed by atoms with E-state index in [1.165, 1.54) is 31.9 Å². The fourth-order valence-electron chi connectivity index (χ4n) is 8.11. The second-order valence-corrected chi connectivity index (χ2v) is 18.7. The van der Waals surface area contributed by atoms with Gasteiger partial charge in [-0.15, -0.1) is 0 Å². The molecule has 2 heterocycles. The summed E-state index contributed by atoms with van der Waals surface area (Å²) < 4.78 is 48.5. The second kappa shape index (κ2) is 28.3. The number of ether oxygens (including phenoxy) is 2. The summed E-state index contributed by atoms with van der Waals surface area (Å²) >= 11 is 0. The van der Waals surface area contributed by atoms with Crippen molar-refractivity contribution in [1.82, 2.24) is 36.4 Å². The van der Waals surface area contributed by atoms with E-state index in [9.17, 15) is 51.6 Å². The Morgan fingerprint density at radius 2 is 1.47 bits per heavy atom. The Hall–Kier alpha value is -5.27. The van der Waals surface area contributed by atoms with E-state index in [1.54, 1.807) is 88.4 Å². The summed E-state index contributed by atoms with van der Waals surface area (Å²) in [6, 6.07) is 8.67. The minimum atomic E-state index is -5.24. The molecule has 390 valence electrons. The molecular formula is C48H66N7NaO15S. The fourth-order valence-corrected chi connectivity index (χ4v) is 8.40. The summed E-state index contributed by atoms with van der Waals surface area (Å²) in [5, 5.41) is 24.2. The van der Waals surface area contributed by atoms with Gasteiger partial charge in [0.15, 0.2) is 6.10 Å². The molecular weight excluding hydrogens is 970 g/mol. The van der Waals surface area contributed by atoms with E-state index in [-0.39, 0.29) is 61.7 Å². The minimum absolute atomic E-state index is 0. The van der Waals surface area contributed by atoms with Crippen LogP contribution < -0.4 is 56.1 Å². The minimum Gasteiger partial charge on any atom is -0.726 e. The summed E-state index contributed by atoms with van der Waals surface area (Å²) in [5.74, 6) is -8.84. The largest absolute Gasteiger partial charge is 1.00 e. The van der Waals surface area contributed by atoms with Crippen LogP contribution in [0.4, 0.5) is 0 Å². The Bertz CT molecular complexity index is 2360. The number of nitrogens with one attached hydrogen (secondary N) is 5. The number of likely N-dealkylation sites (N-methyl/N-ethyl adjacent to an activating group) is 1. The Morgan fingerprint density at radius 1 is 0.889 bits per heavy atom. The SMILES string of the molecule is C/C=C1\NC(=O)[C@@H](NC(=O)[C@@H](NC(=O)[C@@H](COS(=O)(=O)[O-])OC)[C@@H](C)CC)[C@@H](C)OC(=O)[C@H]([C@@H](C)CC)NC(=O)[C@H](Cc2ccccc2)N(C)C(=O)[C@H](Cc2ccccc2)N2C(=O)[C@H](CC[C@H]2O)NC1=O.[Na+]. The maximum Gasteiger partial charge on any atom is 1.00 e. The average molecular weight is 1040 g/mol.